The van der Waals surface area contributed by atoms with E-state index in [1.54, 1.807) is 6.07 Å². The number of ether oxygens (including phenoxy) is 1. The largest absolute Gasteiger partial charge is 0.507 e. The third kappa shape index (κ3) is 3.23. The number of phenolic OH excluding ortho intramolecular Hbond substituents is 1. The van der Waals surface area contributed by atoms with E-state index in [0.29, 0.717) is 6.61 Å². The number of benzene rings is 3. The van der Waals surface area contributed by atoms with E-state index in [1.807, 2.05) is 72.8 Å². The maximum atomic E-state index is 9.85. The predicted molar refractivity (Wildman–Crippen MR) is 84.3 cm³/mol. The van der Waals surface area contributed by atoms with E-state index in [4.69, 9.17) is 4.74 Å². The van der Waals surface area contributed by atoms with Gasteiger partial charge >= 0.3 is 0 Å². The average molecular weight is 276 g/mol. The van der Waals surface area contributed by atoms with Crippen molar-refractivity contribution < 1.29 is 9.84 Å². The fourth-order valence-electron chi connectivity index (χ4n) is 2.19. The first-order valence-electron chi connectivity index (χ1n) is 6.88. The van der Waals surface area contributed by atoms with E-state index < -0.39 is 0 Å². The monoisotopic (exact) mass is 276 g/mol. The number of hydrogen-bond acceptors (Lipinski definition) is 2. The van der Waals surface area contributed by atoms with Crippen LogP contribution in [0.5, 0.6) is 11.5 Å². The minimum absolute atomic E-state index is 0.287. The lowest BCUT2D eigenvalue weighted by molar-refractivity contribution is 0.306. The molecule has 3 aromatic carbocycles. The van der Waals surface area contributed by atoms with Crippen LogP contribution in [-0.4, -0.2) is 5.11 Å². The Balaban J connectivity index is 1.71. The summed E-state index contributed by atoms with van der Waals surface area (Å²) in [4.78, 5) is 0. The highest BCUT2D eigenvalue weighted by Gasteiger charge is 2.03. The summed E-state index contributed by atoms with van der Waals surface area (Å²) in [7, 11) is 0. The van der Waals surface area contributed by atoms with E-state index in [1.165, 1.54) is 0 Å². The van der Waals surface area contributed by atoms with Gasteiger partial charge in [-0.2, -0.15) is 0 Å². The summed E-state index contributed by atoms with van der Waals surface area (Å²) in [5.74, 6) is 1.11. The molecule has 21 heavy (non-hydrogen) atoms. The molecular formula is C19H16O2. The smallest absolute Gasteiger partial charge is 0.123 e. The molecule has 0 atom stereocenters. The van der Waals surface area contributed by atoms with Crippen molar-refractivity contribution in [1.82, 2.24) is 0 Å². The molecule has 0 aromatic heterocycles. The maximum Gasteiger partial charge on any atom is 0.123 e. The maximum absolute atomic E-state index is 9.85. The first-order valence-corrected chi connectivity index (χ1v) is 6.88. The van der Waals surface area contributed by atoms with Crippen LogP contribution in [-0.2, 0) is 6.61 Å². The van der Waals surface area contributed by atoms with Crippen LogP contribution in [0.2, 0.25) is 0 Å². The first-order chi connectivity index (χ1) is 10.3. The Morgan fingerprint density at radius 2 is 1.38 bits per heavy atom. The molecule has 0 unspecified atom stereocenters. The fourth-order valence-corrected chi connectivity index (χ4v) is 2.19. The highest BCUT2D eigenvalue weighted by Crippen LogP contribution is 2.29. The second-order valence-corrected chi connectivity index (χ2v) is 4.82. The predicted octanol–water partition coefficient (Wildman–Crippen LogP) is 4.64. The van der Waals surface area contributed by atoms with Crippen LogP contribution in [0.1, 0.15) is 5.56 Å². The number of hydrogen-bond donors (Lipinski definition) is 1. The SMILES string of the molecule is Oc1ccccc1-c1ccc(OCc2ccccc2)cc1. The quantitative estimate of drug-likeness (QED) is 0.752. The van der Waals surface area contributed by atoms with Gasteiger partial charge in [0.15, 0.2) is 0 Å². The third-order valence-electron chi connectivity index (χ3n) is 3.32. The molecule has 0 saturated carbocycles. The molecule has 2 nitrogen and oxygen atoms in total. The van der Waals surface area contributed by atoms with Gasteiger partial charge in [0.1, 0.15) is 18.1 Å². The zero-order valence-corrected chi connectivity index (χ0v) is 11.6. The molecule has 0 spiro atoms. The molecule has 0 amide bonds. The number of para-hydroxylation sites is 1. The molecule has 0 heterocycles. The van der Waals surface area contributed by atoms with E-state index in [2.05, 4.69) is 0 Å². The fraction of sp³-hybridized carbons (Fsp3) is 0.0526. The summed E-state index contributed by atoms with van der Waals surface area (Å²) in [5.41, 5.74) is 2.94. The number of phenols is 1. The van der Waals surface area contributed by atoms with E-state index in [0.717, 1.165) is 22.4 Å². The van der Waals surface area contributed by atoms with Crippen LogP contribution >= 0.6 is 0 Å². The lowest BCUT2D eigenvalue weighted by Gasteiger charge is -2.08. The zero-order valence-electron chi connectivity index (χ0n) is 11.6. The highest BCUT2D eigenvalue weighted by molar-refractivity contribution is 5.70. The van der Waals surface area contributed by atoms with Crippen LogP contribution < -0.4 is 4.74 Å². The lowest BCUT2D eigenvalue weighted by Crippen LogP contribution is -1.94. The summed E-state index contributed by atoms with van der Waals surface area (Å²) in [6.45, 7) is 0.552. The van der Waals surface area contributed by atoms with Crippen LogP contribution in [0.15, 0.2) is 78.9 Å². The van der Waals surface area contributed by atoms with Gasteiger partial charge in [-0.05, 0) is 29.3 Å². The van der Waals surface area contributed by atoms with Crippen molar-refractivity contribution in [2.75, 3.05) is 0 Å². The van der Waals surface area contributed by atoms with E-state index >= 15 is 0 Å². The molecule has 0 aliphatic carbocycles. The summed E-state index contributed by atoms with van der Waals surface area (Å²) in [5, 5.41) is 9.85. The van der Waals surface area contributed by atoms with Crippen LogP contribution in [0.25, 0.3) is 11.1 Å². The van der Waals surface area contributed by atoms with Gasteiger partial charge in [0, 0.05) is 5.56 Å². The molecule has 2 heteroatoms. The van der Waals surface area contributed by atoms with Gasteiger partial charge < -0.3 is 9.84 Å². The molecule has 0 aliphatic rings. The van der Waals surface area contributed by atoms with Crippen molar-refractivity contribution in [1.29, 1.82) is 0 Å². The molecule has 0 bridgehead atoms. The van der Waals surface area contributed by atoms with Gasteiger partial charge in [-0.3, -0.25) is 0 Å². The average Bonchev–Trinajstić information content (AvgIpc) is 2.55. The third-order valence-corrected chi connectivity index (χ3v) is 3.32. The summed E-state index contributed by atoms with van der Waals surface area (Å²) in [6.07, 6.45) is 0. The van der Waals surface area contributed by atoms with E-state index in [-0.39, 0.29) is 5.75 Å². The summed E-state index contributed by atoms with van der Waals surface area (Å²) < 4.78 is 5.75. The van der Waals surface area contributed by atoms with Gasteiger partial charge in [-0.1, -0.05) is 60.7 Å². The van der Waals surface area contributed by atoms with Gasteiger partial charge in [0.2, 0.25) is 0 Å². The summed E-state index contributed by atoms with van der Waals surface area (Å²) in [6, 6.07) is 25.1. The van der Waals surface area contributed by atoms with Gasteiger partial charge in [0.05, 0.1) is 0 Å². The minimum Gasteiger partial charge on any atom is -0.507 e. The Labute approximate surface area is 124 Å². The molecule has 0 radical (unpaired) electrons. The Morgan fingerprint density at radius 3 is 2.10 bits per heavy atom. The molecule has 1 N–H and O–H groups in total. The molecule has 104 valence electrons. The number of rotatable bonds is 4. The van der Waals surface area contributed by atoms with Crippen molar-refractivity contribution in [3.8, 4) is 22.6 Å². The molecule has 3 aromatic rings. The van der Waals surface area contributed by atoms with Crippen LogP contribution in [0.4, 0.5) is 0 Å². The first kappa shape index (κ1) is 13.3. The topological polar surface area (TPSA) is 29.5 Å². The van der Waals surface area contributed by atoms with Crippen molar-refractivity contribution in [3.63, 3.8) is 0 Å². The van der Waals surface area contributed by atoms with Crippen molar-refractivity contribution in [2.24, 2.45) is 0 Å². The standard InChI is InChI=1S/C19H16O2/c20-19-9-5-4-8-18(19)16-10-12-17(13-11-16)21-14-15-6-2-1-3-7-15/h1-13,20H,14H2. The zero-order chi connectivity index (χ0) is 14.5. The van der Waals surface area contributed by atoms with Crippen LogP contribution in [0.3, 0.4) is 0 Å². The highest BCUT2D eigenvalue weighted by atomic mass is 16.5. The molecule has 0 saturated heterocycles. The van der Waals surface area contributed by atoms with Gasteiger partial charge in [-0.15, -0.1) is 0 Å². The normalized spacial score (nSPS) is 10.3. The Bertz CT molecular complexity index is 703. The number of aromatic hydroxyl groups is 1. The van der Waals surface area contributed by atoms with Crippen molar-refractivity contribution >= 4 is 0 Å². The van der Waals surface area contributed by atoms with Crippen LogP contribution in [0, 0.1) is 0 Å². The Hall–Kier alpha value is -2.74. The second-order valence-electron chi connectivity index (χ2n) is 4.82. The Morgan fingerprint density at radius 1 is 0.714 bits per heavy atom. The second kappa shape index (κ2) is 6.14. The Kier molecular flexibility index (Phi) is 3.88. The molecule has 0 aliphatic heterocycles. The van der Waals surface area contributed by atoms with Gasteiger partial charge in [0.25, 0.3) is 0 Å². The van der Waals surface area contributed by atoms with Crippen molar-refractivity contribution in [2.45, 2.75) is 6.61 Å². The molecule has 0 fully saturated rings. The van der Waals surface area contributed by atoms with Crippen molar-refractivity contribution in [3.05, 3.63) is 84.4 Å². The summed E-state index contributed by atoms with van der Waals surface area (Å²) >= 11 is 0. The molecule has 3 rings (SSSR count). The minimum atomic E-state index is 0.287. The van der Waals surface area contributed by atoms with Gasteiger partial charge in [-0.25, -0.2) is 0 Å². The lowest BCUT2D eigenvalue weighted by atomic mass is 10.0. The molecular weight excluding hydrogens is 260 g/mol. The van der Waals surface area contributed by atoms with E-state index in [9.17, 15) is 5.11 Å².